The minimum absolute atomic E-state index is 0.194. The van der Waals surface area contributed by atoms with Crippen LogP contribution in [-0.2, 0) is 4.79 Å². The van der Waals surface area contributed by atoms with Gasteiger partial charge in [0.2, 0.25) is 5.91 Å². The molecule has 1 heterocycles. The fourth-order valence-electron chi connectivity index (χ4n) is 3.57. The lowest BCUT2D eigenvalue weighted by atomic mass is 9.79. The van der Waals surface area contributed by atoms with E-state index in [9.17, 15) is 4.79 Å². The van der Waals surface area contributed by atoms with E-state index in [1.54, 1.807) is 0 Å². The maximum Gasteiger partial charge on any atom is 0.221 e. The van der Waals surface area contributed by atoms with E-state index in [0.717, 1.165) is 26.2 Å². The molecule has 2 aliphatic rings. The molecule has 2 N–H and O–H groups in total. The molecular formula is C15H29N3O. The Morgan fingerprint density at radius 1 is 1.32 bits per heavy atom. The second kappa shape index (κ2) is 6.71. The molecule has 0 aromatic carbocycles. The summed E-state index contributed by atoms with van der Waals surface area (Å²) in [6.45, 7) is 8.22. The number of amides is 1. The van der Waals surface area contributed by atoms with Crippen molar-refractivity contribution in [3.63, 3.8) is 0 Å². The van der Waals surface area contributed by atoms with E-state index >= 15 is 0 Å². The zero-order chi connectivity index (χ0) is 13.7. The number of rotatable bonds is 4. The molecule has 1 spiro atoms. The van der Waals surface area contributed by atoms with E-state index in [0.29, 0.717) is 12.0 Å². The van der Waals surface area contributed by atoms with Crippen LogP contribution in [-0.4, -0.2) is 48.6 Å². The second-order valence-electron chi connectivity index (χ2n) is 6.42. The Labute approximate surface area is 117 Å². The Hall–Kier alpha value is -0.610. The van der Waals surface area contributed by atoms with Crippen LogP contribution in [0, 0.1) is 0 Å². The van der Waals surface area contributed by atoms with Crippen molar-refractivity contribution in [2.75, 3.05) is 26.2 Å². The largest absolute Gasteiger partial charge is 0.354 e. The van der Waals surface area contributed by atoms with Crippen molar-refractivity contribution in [1.29, 1.82) is 0 Å². The van der Waals surface area contributed by atoms with Crippen LogP contribution in [0.2, 0.25) is 0 Å². The third-order valence-electron chi connectivity index (χ3n) is 4.53. The maximum atomic E-state index is 11.8. The molecule has 0 aromatic heterocycles. The molecule has 1 aliphatic heterocycles. The van der Waals surface area contributed by atoms with Gasteiger partial charge in [-0.15, -0.1) is 0 Å². The van der Waals surface area contributed by atoms with Gasteiger partial charge in [-0.2, -0.15) is 0 Å². The Balaban J connectivity index is 1.87. The van der Waals surface area contributed by atoms with Crippen LogP contribution in [0.5, 0.6) is 0 Å². The average Bonchev–Trinajstić information content (AvgIpc) is 2.38. The Morgan fingerprint density at radius 2 is 2.05 bits per heavy atom. The van der Waals surface area contributed by atoms with Gasteiger partial charge in [-0.1, -0.05) is 19.3 Å². The van der Waals surface area contributed by atoms with Crippen molar-refractivity contribution in [3.8, 4) is 0 Å². The number of nitrogens with zero attached hydrogens (tertiary/aromatic N) is 1. The van der Waals surface area contributed by atoms with Crippen molar-refractivity contribution in [3.05, 3.63) is 0 Å². The summed E-state index contributed by atoms with van der Waals surface area (Å²) in [5.74, 6) is 0.194. The summed E-state index contributed by atoms with van der Waals surface area (Å²) in [7, 11) is 0. The topological polar surface area (TPSA) is 44.4 Å². The molecule has 19 heavy (non-hydrogen) atoms. The van der Waals surface area contributed by atoms with E-state index in [1.807, 2.05) is 13.8 Å². The van der Waals surface area contributed by atoms with Crippen molar-refractivity contribution in [2.24, 2.45) is 0 Å². The summed E-state index contributed by atoms with van der Waals surface area (Å²) in [4.78, 5) is 14.4. The van der Waals surface area contributed by atoms with Gasteiger partial charge < -0.3 is 10.6 Å². The highest BCUT2D eigenvalue weighted by Crippen LogP contribution is 2.34. The lowest BCUT2D eigenvalue weighted by Gasteiger charge is -2.50. The van der Waals surface area contributed by atoms with Crippen LogP contribution in [0.25, 0.3) is 0 Å². The van der Waals surface area contributed by atoms with Gasteiger partial charge in [0.15, 0.2) is 0 Å². The number of carbonyl (C=O) groups is 1. The van der Waals surface area contributed by atoms with E-state index in [2.05, 4.69) is 15.5 Å². The molecule has 4 nitrogen and oxygen atoms in total. The third-order valence-corrected chi connectivity index (χ3v) is 4.53. The van der Waals surface area contributed by atoms with Crippen molar-refractivity contribution >= 4 is 5.91 Å². The number of hydrogen-bond donors (Lipinski definition) is 2. The van der Waals surface area contributed by atoms with Crippen molar-refractivity contribution < 1.29 is 4.79 Å². The van der Waals surface area contributed by atoms with E-state index in [4.69, 9.17) is 0 Å². The number of piperazine rings is 1. The van der Waals surface area contributed by atoms with E-state index in [-0.39, 0.29) is 11.9 Å². The van der Waals surface area contributed by atoms with Gasteiger partial charge in [0.05, 0.1) is 0 Å². The lowest BCUT2D eigenvalue weighted by Crippen LogP contribution is -2.62. The van der Waals surface area contributed by atoms with Crippen LogP contribution in [0.4, 0.5) is 0 Å². The van der Waals surface area contributed by atoms with Crippen LogP contribution in [0.3, 0.4) is 0 Å². The quantitative estimate of drug-likeness (QED) is 0.811. The standard InChI is InChI=1S/C15H29N3O/c1-13(2)17-14(19)6-10-18-11-9-16-12-15(18)7-4-3-5-8-15/h13,16H,3-12H2,1-2H3,(H,17,19). The Bertz CT molecular complexity index is 290. The fraction of sp³-hybridized carbons (Fsp3) is 0.933. The molecule has 4 heteroatoms. The first-order valence-corrected chi connectivity index (χ1v) is 7.87. The molecule has 2 fully saturated rings. The minimum Gasteiger partial charge on any atom is -0.354 e. The molecule has 0 radical (unpaired) electrons. The zero-order valence-electron chi connectivity index (χ0n) is 12.5. The lowest BCUT2D eigenvalue weighted by molar-refractivity contribution is -0.122. The van der Waals surface area contributed by atoms with Crippen LogP contribution >= 0.6 is 0 Å². The highest BCUT2D eigenvalue weighted by atomic mass is 16.1. The first kappa shape index (κ1) is 14.8. The summed E-state index contributed by atoms with van der Waals surface area (Å²) in [6.07, 6.45) is 7.30. The zero-order valence-corrected chi connectivity index (χ0v) is 12.5. The molecule has 0 bridgehead atoms. The molecule has 0 aromatic rings. The minimum atomic E-state index is 0.194. The van der Waals surface area contributed by atoms with Gasteiger partial charge in [0, 0.05) is 44.2 Å². The second-order valence-corrected chi connectivity index (χ2v) is 6.42. The normalized spacial score (nSPS) is 23.7. The fourth-order valence-corrected chi connectivity index (χ4v) is 3.57. The van der Waals surface area contributed by atoms with Gasteiger partial charge in [-0.3, -0.25) is 9.69 Å². The summed E-state index contributed by atoms with van der Waals surface area (Å²) in [6, 6.07) is 0.249. The molecule has 1 amide bonds. The van der Waals surface area contributed by atoms with Crippen molar-refractivity contribution in [2.45, 2.75) is 64.0 Å². The first-order chi connectivity index (χ1) is 9.12. The van der Waals surface area contributed by atoms with E-state index in [1.165, 1.54) is 32.1 Å². The summed E-state index contributed by atoms with van der Waals surface area (Å²) in [5, 5.41) is 6.55. The smallest absolute Gasteiger partial charge is 0.221 e. The van der Waals surface area contributed by atoms with Gasteiger partial charge in [-0.05, 0) is 26.7 Å². The van der Waals surface area contributed by atoms with Crippen LogP contribution in [0.1, 0.15) is 52.4 Å². The molecule has 2 rings (SSSR count). The van der Waals surface area contributed by atoms with E-state index < -0.39 is 0 Å². The third kappa shape index (κ3) is 3.93. The molecule has 0 unspecified atom stereocenters. The molecule has 1 saturated carbocycles. The Morgan fingerprint density at radius 3 is 2.74 bits per heavy atom. The Kier molecular flexibility index (Phi) is 5.22. The van der Waals surface area contributed by atoms with Gasteiger partial charge in [-0.25, -0.2) is 0 Å². The number of hydrogen-bond acceptors (Lipinski definition) is 3. The predicted molar refractivity (Wildman–Crippen MR) is 78.2 cm³/mol. The van der Waals surface area contributed by atoms with Crippen LogP contribution in [0.15, 0.2) is 0 Å². The molecule has 0 atom stereocenters. The van der Waals surface area contributed by atoms with Gasteiger partial charge >= 0.3 is 0 Å². The molecule has 110 valence electrons. The molecule has 1 aliphatic carbocycles. The summed E-state index contributed by atoms with van der Waals surface area (Å²) >= 11 is 0. The highest BCUT2D eigenvalue weighted by molar-refractivity contribution is 5.76. The van der Waals surface area contributed by atoms with Crippen LogP contribution < -0.4 is 10.6 Å². The molecule has 1 saturated heterocycles. The average molecular weight is 267 g/mol. The van der Waals surface area contributed by atoms with Crippen molar-refractivity contribution in [1.82, 2.24) is 15.5 Å². The summed E-state index contributed by atoms with van der Waals surface area (Å²) < 4.78 is 0. The predicted octanol–water partition coefficient (Wildman–Crippen LogP) is 1.51. The van der Waals surface area contributed by atoms with Gasteiger partial charge in [0.25, 0.3) is 0 Å². The number of nitrogens with one attached hydrogen (secondary N) is 2. The summed E-state index contributed by atoms with van der Waals surface area (Å²) in [5.41, 5.74) is 0.342. The number of carbonyl (C=O) groups excluding carboxylic acids is 1. The highest BCUT2D eigenvalue weighted by Gasteiger charge is 2.39. The SMILES string of the molecule is CC(C)NC(=O)CCN1CCNCC12CCCCC2. The maximum absolute atomic E-state index is 11.8. The van der Waals surface area contributed by atoms with Gasteiger partial charge in [0.1, 0.15) is 0 Å². The molecular weight excluding hydrogens is 238 g/mol. The monoisotopic (exact) mass is 267 g/mol. The first-order valence-electron chi connectivity index (χ1n) is 7.87.